The van der Waals surface area contributed by atoms with E-state index in [0.717, 1.165) is 25.1 Å². The molecule has 2 aromatic heterocycles. The first-order valence-corrected chi connectivity index (χ1v) is 8.45. The fourth-order valence-corrected chi connectivity index (χ4v) is 3.59. The van der Waals surface area contributed by atoms with Crippen LogP contribution in [0, 0.1) is 0 Å². The highest BCUT2D eigenvalue weighted by Crippen LogP contribution is 2.25. The zero-order valence-corrected chi connectivity index (χ0v) is 13.8. The average molecular weight is 323 g/mol. The van der Waals surface area contributed by atoms with E-state index in [1.807, 2.05) is 21.7 Å². The number of amides is 1. The number of carbonyl (C=O) groups is 1. The molecule has 4 rings (SSSR count). The van der Waals surface area contributed by atoms with Gasteiger partial charge in [-0.3, -0.25) is 4.79 Å². The highest BCUT2D eigenvalue weighted by atomic mass is 16.2. The van der Waals surface area contributed by atoms with Crippen molar-refractivity contribution in [1.82, 2.24) is 24.2 Å². The summed E-state index contributed by atoms with van der Waals surface area (Å²) in [5.74, 6) is 0.191. The fourth-order valence-electron chi connectivity index (χ4n) is 3.59. The summed E-state index contributed by atoms with van der Waals surface area (Å²) in [7, 11) is 0. The smallest absolute Gasteiger partial charge is 0.227 e. The van der Waals surface area contributed by atoms with Crippen LogP contribution in [0.4, 0.5) is 0 Å². The summed E-state index contributed by atoms with van der Waals surface area (Å²) in [5.41, 5.74) is 2.31. The Labute approximate surface area is 140 Å². The molecule has 24 heavy (non-hydrogen) atoms. The molecular formula is C18H21N5O. The van der Waals surface area contributed by atoms with E-state index in [9.17, 15) is 4.79 Å². The molecule has 0 N–H and O–H groups in total. The number of hydrogen-bond acceptors (Lipinski definition) is 3. The molecule has 0 saturated carbocycles. The predicted molar refractivity (Wildman–Crippen MR) is 91.6 cm³/mol. The minimum Gasteiger partial charge on any atom is -0.347 e. The van der Waals surface area contributed by atoms with Crippen molar-refractivity contribution >= 4 is 16.8 Å². The van der Waals surface area contributed by atoms with Crippen molar-refractivity contribution in [3.63, 3.8) is 0 Å². The van der Waals surface area contributed by atoms with Gasteiger partial charge in [0.25, 0.3) is 0 Å². The van der Waals surface area contributed by atoms with Crippen LogP contribution in [0.25, 0.3) is 10.9 Å². The lowest BCUT2D eigenvalue weighted by Gasteiger charge is -2.16. The highest BCUT2D eigenvalue weighted by Gasteiger charge is 2.28. The van der Waals surface area contributed by atoms with E-state index >= 15 is 0 Å². The van der Waals surface area contributed by atoms with Crippen LogP contribution in [0.15, 0.2) is 43.1 Å². The van der Waals surface area contributed by atoms with Gasteiger partial charge < -0.3 is 9.47 Å². The van der Waals surface area contributed by atoms with Crippen molar-refractivity contribution in [3.8, 4) is 0 Å². The van der Waals surface area contributed by atoms with E-state index in [4.69, 9.17) is 0 Å². The van der Waals surface area contributed by atoms with Gasteiger partial charge in [0, 0.05) is 36.7 Å². The Kier molecular flexibility index (Phi) is 3.80. The summed E-state index contributed by atoms with van der Waals surface area (Å²) in [5, 5.41) is 5.38. The number of aromatic nitrogens is 4. The molecular weight excluding hydrogens is 302 g/mol. The van der Waals surface area contributed by atoms with E-state index in [-0.39, 0.29) is 11.9 Å². The zero-order valence-electron chi connectivity index (χ0n) is 13.8. The van der Waals surface area contributed by atoms with Crippen molar-refractivity contribution in [2.75, 3.05) is 13.1 Å². The number of aryl methyl sites for hydroxylation is 1. The minimum absolute atomic E-state index is 0.191. The lowest BCUT2D eigenvalue weighted by molar-refractivity contribution is -0.129. The van der Waals surface area contributed by atoms with Gasteiger partial charge in [-0.2, -0.15) is 5.10 Å². The normalized spacial score (nSPS) is 17.7. The third-order valence-corrected chi connectivity index (χ3v) is 4.88. The van der Waals surface area contributed by atoms with Crippen LogP contribution in [0.1, 0.15) is 24.9 Å². The molecule has 0 radical (unpaired) electrons. The number of nitrogens with zero attached hydrogens (tertiary/aromatic N) is 5. The van der Waals surface area contributed by atoms with Gasteiger partial charge in [-0.25, -0.2) is 9.67 Å². The van der Waals surface area contributed by atoms with Gasteiger partial charge in [-0.1, -0.05) is 18.2 Å². The van der Waals surface area contributed by atoms with Gasteiger partial charge in [-0.05, 0) is 25.0 Å². The van der Waals surface area contributed by atoms with Gasteiger partial charge in [-0.15, -0.1) is 0 Å². The summed E-state index contributed by atoms with van der Waals surface area (Å²) in [4.78, 5) is 18.7. The van der Waals surface area contributed by atoms with Crippen LogP contribution >= 0.6 is 0 Å². The van der Waals surface area contributed by atoms with Crippen LogP contribution in [0.5, 0.6) is 0 Å². The molecule has 1 fully saturated rings. The molecule has 1 aliphatic heterocycles. The number of hydrogen-bond donors (Lipinski definition) is 0. The molecule has 3 aromatic rings. The van der Waals surface area contributed by atoms with Crippen LogP contribution < -0.4 is 0 Å². The van der Waals surface area contributed by atoms with Crippen molar-refractivity contribution in [2.24, 2.45) is 0 Å². The lowest BCUT2D eigenvalue weighted by Crippen LogP contribution is -2.30. The van der Waals surface area contributed by atoms with Gasteiger partial charge in [0.2, 0.25) is 5.91 Å². The SMILES string of the molecule is CCn1cc(CC(=O)N2CCC(n3cncn3)C2)c2ccccc21. The third kappa shape index (κ3) is 2.58. The highest BCUT2D eigenvalue weighted by molar-refractivity contribution is 5.89. The maximum atomic E-state index is 12.7. The average Bonchev–Trinajstić information content (AvgIpc) is 3.34. The molecule has 124 valence electrons. The maximum absolute atomic E-state index is 12.7. The Hall–Kier alpha value is -2.63. The summed E-state index contributed by atoms with van der Waals surface area (Å²) in [6, 6.07) is 8.54. The van der Waals surface area contributed by atoms with E-state index < -0.39 is 0 Å². The van der Waals surface area contributed by atoms with Gasteiger partial charge in [0.05, 0.1) is 12.5 Å². The molecule has 1 aliphatic rings. The fraction of sp³-hybridized carbons (Fsp3) is 0.389. The monoisotopic (exact) mass is 323 g/mol. The number of para-hydroxylation sites is 1. The van der Waals surface area contributed by atoms with Crippen LogP contribution in [-0.4, -0.2) is 43.2 Å². The van der Waals surface area contributed by atoms with E-state index in [1.165, 1.54) is 10.9 Å². The Morgan fingerprint density at radius 2 is 2.21 bits per heavy atom. The molecule has 0 spiro atoms. The Bertz CT molecular complexity index is 852. The summed E-state index contributed by atoms with van der Waals surface area (Å²) >= 11 is 0. The number of fused-ring (bicyclic) bond motifs is 1. The summed E-state index contributed by atoms with van der Waals surface area (Å²) in [6.07, 6.45) is 6.79. The zero-order chi connectivity index (χ0) is 16.5. The lowest BCUT2D eigenvalue weighted by atomic mass is 10.1. The Morgan fingerprint density at radius 3 is 3.00 bits per heavy atom. The second kappa shape index (κ2) is 6.11. The molecule has 1 saturated heterocycles. The molecule has 6 nitrogen and oxygen atoms in total. The molecule has 6 heteroatoms. The second-order valence-electron chi connectivity index (χ2n) is 6.29. The molecule has 1 unspecified atom stereocenters. The minimum atomic E-state index is 0.191. The van der Waals surface area contributed by atoms with Crippen LogP contribution in [-0.2, 0) is 17.8 Å². The van der Waals surface area contributed by atoms with Crippen LogP contribution in [0.2, 0.25) is 0 Å². The number of rotatable bonds is 4. The van der Waals surface area contributed by atoms with Crippen molar-refractivity contribution in [3.05, 3.63) is 48.7 Å². The van der Waals surface area contributed by atoms with Gasteiger partial charge in [0.1, 0.15) is 12.7 Å². The number of carbonyl (C=O) groups excluding carboxylic acids is 1. The Morgan fingerprint density at radius 1 is 1.33 bits per heavy atom. The van der Waals surface area contributed by atoms with E-state index in [0.29, 0.717) is 13.0 Å². The first kappa shape index (κ1) is 14.9. The first-order chi connectivity index (χ1) is 11.8. The van der Waals surface area contributed by atoms with Gasteiger partial charge >= 0.3 is 0 Å². The molecule has 1 amide bonds. The Balaban J connectivity index is 1.51. The third-order valence-electron chi connectivity index (χ3n) is 4.88. The molecule has 1 aromatic carbocycles. The largest absolute Gasteiger partial charge is 0.347 e. The quantitative estimate of drug-likeness (QED) is 0.740. The van der Waals surface area contributed by atoms with E-state index in [1.54, 1.807) is 12.7 Å². The summed E-state index contributed by atoms with van der Waals surface area (Å²) in [6.45, 7) is 4.54. The van der Waals surface area contributed by atoms with Crippen molar-refractivity contribution in [1.29, 1.82) is 0 Å². The number of likely N-dealkylation sites (tertiary alicyclic amines) is 1. The van der Waals surface area contributed by atoms with Gasteiger partial charge in [0.15, 0.2) is 0 Å². The van der Waals surface area contributed by atoms with Crippen LogP contribution in [0.3, 0.4) is 0 Å². The van der Waals surface area contributed by atoms with E-state index in [2.05, 4.69) is 39.9 Å². The first-order valence-electron chi connectivity index (χ1n) is 8.45. The summed E-state index contributed by atoms with van der Waals surface area (Å²) < 4.78 is 4.07. The molecule has 0 bridgehead atoms. The predicted octanol–water partition coefficient (Wildman–Crippen LogP) is 2.27. The van der Waals surface area contributed by atoms with Crippen molar-refractivity contribution < 1.29 is 4.79 Å². The molecule has 1 atom stereocenters. The molecule has 3 heterocycles. The topological polar surface area (TPSA) is 56.0 Å². The maximum Gasteiger partial charge on any atom is 0.227 e. The second-order valence-corrected chi connectivity index (χ2v) is 6.29. The standard InChI is InChI=1S/C18H21N5O/c1-2-21-10-14(16-5-3-4-6-17(16)21)9-18(24)22-8-7-15(11-22)23-13-19-12-20-23/h3-6,10,12-13,15H,2,7-9,11H2,1H3. The molecule has 0 aliphatic carbocycles. The number of benzene rings is 1. The van der Waals surface area contributed by atoms with Crippen molar-refractivity contribution in [2.45, 2.75) is 32.4 Å².